The number of non-ortho nitro benzene ring substituents is 1. The highest BCUT2D eigenvalue weighted by atomic mass is 32.2. The van der Waals surface area contributed by atoms with E-state index in [2.05, 4.69) is 22.1 Å². The van der Waals surface area contributed by atoms with Crippen molar-refractivity contribution in [3.8, 4) is 11.6 Å². The summed E-state index contributed by atoms with van der Waals surface area (Å²) in [5, 5.41) is 21.7. The summed E-state index contributed by atoms with van der Waals surface area (Å²) in [4.78, 5) is 34.6. The van der Waals surface area contributed by atoms with Crippen molar-refractivity contribution in [2.75, 3.05) is 5.75 Å². The van der Waals surface area contributed by atoms with Crippen LogP contribution in [0.3, 0.4) is 0 Å². The van der Waals surface area contributed by atoms with E-state index in [4.69, 9.17) is 4.42 Å². The first-order chi connectivity index (χ1) is 14.4. The van der Waals surface area contributed by atoms with E-state index in [0.717, 1.165) is 23.4 Å². The minimum absolute atomic E-state index is 0.0213. The van der Waals surface area contributed by atoms with Gasteiger partial charge in [0.05, 0.1) is 16.9 Å². The number of allylic oxidation sites excluding steroid dienone is 1. The Hall–Kier alpha value is -3.73. The van der Waals surface area contributed by atoms with E-state index in [1.54, 1.807) is 16.9 Å². The van der Waals surface area contributed by atoms with E-state index in [1.165, 1.54) is 18.2 Å². The molecular formula is C19H17N5O5S. The number of hydrogen-bond donors (Lipinski definition) is 1. The Morgan fingerprint density at radius 1 is 1.37 bits per heavy atom. The third kappa shape index (κ3) is 4.63. The van der Waals surface area contributed by atoms with E-state index in [1.807, 2.05) is 13.0 Å². The van der Waals surface area contributed by atoms with Gasteiger partial charge in [-0.1, -0.05) is 23.9 Å². The first-order valence-corrected chi connectivity index (χ1v) is 9.69. The summed E-state index contributed by atoms with van der Waals surface area (Å²) in [6.45, 7) is 6.00. The van der Waals surface area contributed by atoms with Gasteiger partial charge in [0.15, 0.2) is 10.9 Å². The number of carbonyl (C=O) groups excluding carboxylic acids is 2. The normalized spacial score (nSPS) is 10.6. The van der Waals surface area contributed by atoms with Crippen molar-refractivity contribution in [1.82, 2.24) is 20.1 Å². The van der Waals surface area contributed by atoms with Gasteiger partial charge >= 0.3 is 0 Å². The fourth-order valence-electron chi connectivity index (χ4n) is 2.58. The lowest BCUT2D eigenvalue weighted by Crippen LogP contribution is -2.31. The molecule has 0 aliphatic carbocycles. The smallest absolute Gasteiger partial charge is 0.270 e. The molecule has 0 fully saturated rings. The van der Waals surface area contributed by atoms with Gasteiger partial charge in [0, 0.05) is 24.2 Å². The summed E-state index contributed by atoms with van der Waals surface area (Å²) in [6.07, 6.45) is 3.22. The third-order valence-corrected chi connectivity index (χ3v) is 4.96. The second kappa shape index (κ2) is 9.18. The minimum atomic E-state index is -0.719. The van der Waals surface area contributed by atoms with Gasteiger partial charge in [0.25, 0.3) is 11.6 Å². The van der Waals surface area contributed by atoms with Gasteiger partial charge in [-0.15, -0.1) is 16.8 Å². The topological polar surface area (TPSA) is 133 Å². The zero-order valence-electron chi connectivity index (χ0n) is 15.9. The molecule has 1 aromatic carbocycles. The van der Waals surface area contributed by atoms with Crippen LogP contribution >= 0.6 is 11.8 Å². The summed E-state index contributed by atoms with van der Waals surface area (Å²) in [6, 6.07) is 6.94. The zero-order valence-corrected chi connectivity index (χ0v) is 16.7. The molecule has 0 unspecified atom stereocenters. The number of aryl methyl sites for hydroxylation is 1. The first-order valence-electron chi connectivity index (χ1n) is 8.70. The molecule has 2 amide bonds. The average molecular weight is 427 g/mol. The summed E-state index contributed by atoms with van der Waals surface area (Å²) in [7, 11) is 0. The molecule has 0 saturated carbocycles. The number of nitro groups is 1. The predicted molar refractivity (Wildman–Crippen MR) is 109 cm³/mol. The van der Waals surface area contributed by atoms with Crippen LogP contribution in [0.15, 0.2) is 58.8 Å². The maximum absolute atomic E-state index is 12.2. The Balaban J connectivity index is 1.67. The van der Waals surface area contributed by atoms with Crippen LogP contribution in [0.1, 0.15) is 15.9 Å². The van der Waals surface area contributed by atoms with Gasteiger partial charge in [0.1, 0.15) is 0 Å². The largest absolute Gasteiger partial charge is 0.461 e. The van der Waals surface area contributed by atoms with Crippen molar-refractivity contribution in [3.05, 3.63) is 70.5 Å². The zero-order chi connectivity index (χ0) is 21.7. The van der Waals surface area contributed by atoms with Crippen molar-refractivity contribution in [2.24, 2.45) is 0 Å². The molecule has 0 aliphatic heterocycles. The SMILES string of the molecule is C=CCn1c(SCC(=O)NC(=O)c2cccc([N+](=O)[O-])c2)nnc1-c1occc1C. The molecule has 0 radical (unpaired) electrons. The number of imide groups is 1. The summed E-state index contributed by atoms with van der Waals surface area (Å²) >= 11 is 1.09. The highest BCUT2D eigenvalue weighted by Crippen LogP contribution is 2.27. The molecule has 0 bridgehead atoms. The molecule has 30 heavy (non-hydrogen) atoms. The average Bonchev–Trinajstić information content (AvgIpc) is 3.32. The van der Waals surface area contributed by atoms with E-state index >= 15 is 0 Å². The summed E-state index contributed by atoms with van der Waals surface area (Å²) in [5.41, 5.74) is 0.681. The predicted octanol–water partition coefficient (Wildman–Crippen LogP) is 2.99. The number of hydrogen-bond acceptors (Lipinski definition) is 8. The summed E-state index contributed by atoms with van der Waals surface area (Å²) < 4.78 is 7.21. The Labute approximate surface area is 175 Å². The molecular weight excluding hydrogens is 410 g/mol. The van der Waals surface area contributed by atoms with Gasteiger partial charge in [-0.05, 0) is 24.6 Å². The van der Waals surface area contributed by atoms with E-state index < -0.39 is 16.7 Å². The lowest BCUT2D eigenvalue weighted by Gasteiger charge is -2.07. The molecule has 10 nitrogen and oxygen atoms in total. The van der Waals surface area contributed by atoms with Crippen LogP contribution in [0.5, 0.6) is 0 Å². The van der Waals surface area contributed by atoms with Gasteiger partial charge in [-0.3, -0.25) is 29.6 Å². The van der Waals surface area contributed by atoms with Crippen LogP contribution in [0, 0.1) is 17.0 Å². The number of nitrogens with one attached hydrogen (secondary N) is 1. The van der Waals surface area contributed by atoms with Crippen LogP contribution in [0.4, 0.5) is 5.69 Å². The van der Waals surface area contributed by atoms with Crippen molar-refractivity contribution < 1.29 is 18.9 Å². The van der Waals surface area contributed by atoms with Crippen molar-refractivity contribution in [2.45, 2.75) is 18.6 Å². The molecule has 3 rings (SSSR count). The number of nitro benzene ring substituents is 1. The van der Waals surface area contributed by atoms with E-state index in [0.29, 0.717) is 23.3 Å². The fourth-order valence-corrected chi connectivity index (χ4v) is 3.33. The number of thioether (sulfide) groups is 1. The molecule has 3 aromatic rings. The highest BCUT2D eigenvalue weighted by molar-refractivity contribution is 7.99. The lowest BCUT2D eigenvalue weighted by atomic mass is 10.2. The number of carbonyl (C=O) groups is 2. The molecule has 0 atom stereocenters. The van der Waals surface area contributed by atoms with Crippen LogP contribution in [-0.4, -0.2) is 37.3 Å². The van der Waals surface area contributed by atoms with E-state index in [9.17, 15) is 19.7 Å². The monoisotopic (exact) mass is 427 g/mol. The van der Waals surface area contributed by atoms with Crippen LogP contribution in [0.25, 0.3) is 11.6 Å². The molecule has 11 heteroatoms. The van der Waals surface area contributed by atoms with Gasteiger partial charge in [-0.2, -0.15) is 0 Å². The number of rotatable bonds is 8. The molecule has 0 saturated heterocycles. The Morgan fingerprint density at radius 2 is 2.17 bits per heavy atom. The lowest BCUT2D eigenvalue weighted by molar-refractivity contribution is -0.384. The molecule has 0 spiro atoms. The maximum Gasteiger partial charge on any atom is 0.270 e. The van der Waals surface area contributed by atoms with Crippen LogP contribution in [0.2, 0.25) is 0 Å². The quantitative estimate of drug-likeness (QED) is 0.251. The second-order valence-corrected chi connectivity index (χ2v) is 7.05. The number of furan rings is 1. The molecule has 154 valence electrons. The number of nitrogens with zero attached hydrogens (tertiary/aromatic N) is 4. The molecule has 1 N–H and O–H groups in total. The molecule has 2 aromatic heterocycles. The molecule has 0 aliphatic rings. The first kappa shape index (κ1) is 21.0. The number of benzene rings is 1. The number of aromatic nitrogens is 3. The van der Waals surface area contributed by atoms with Crippen molar-refractivity contribution in [1.29, 1.82) is 0 Å². The van der Waals surface area contributed by atoms with E-state index in [-0.39, 0.29) is 17.0 Å². The van der Waals surface area contributed by atoms with Gasteiger partial charge in [-0.25, -0.2) is 0 Å². The Kier molecular flexibility index (Phi) is 6.42. The second-order valence-electron chi connectivity index (χ2n) is 6.11. The fraction of sp³-hybridized carbons (Fsp3) is 0.158. The standard InChI is InChI=1S/C19H17N5O5S/c1-3-8-23-17(16-12(2)7-9-29-16)21-22-19(23)30-11-15(25)20-18(26)13-5-4-6-14(10-13)24(27)28/h3-7,9-10H,1,8,11H2,2H3,(H,20,25,26). The Bertz CT molecular complexity index is 1120. The van der Waals surface area contributed by atoms with Crippen LogP contribution in [-0.2, 0) is 11.3 Å². The van der Waals surface area contributed by atoms with Crippen LogP contribution < -0.4 is 5.32 Å². The van der Waals surface area contributed by atoms with Crippen molar-refractivity contribution in [3.63, 3.8) is 0 Å². The Morgan fingerprint density at radius 3 is 2.83 bits per heavy atom. The third-order valence-electron chi connectivity index (χ3n) is 4.00. The summed E-state index contributed by atoms with van der Waals surface area (Å²) in [5.74, 6) is -0.314. The highest BCUT2D eigenvalue weighted by Gasteiger charge is 2.19. The molecule has 2 heterocycles. The van der Waals surface area contributed by atoms with Gasteiger partial charge in [0.2, 0.25) is 11.7 Å². The van der Waals surface area contributed by atoms with Crippen molar-refractivity contribution >= 4 is 29.3 Å². The van der Waals surface area contributed by atoms with Gasteiger partial charge < -0.3 is 4.42 Å². The minimum Gasteiger partial charge on any atom is -0.461 e. The number of amides is 2. The maximum atomic E-state index is 12.2.